The molecule has 0 aliphatic heterocycles. The molecule has 0 atom stereocenters. The number of aryl methyl sites for hydroxylation is 1. The van der Waals surface area contributed by atoms with Gasteiger partial charge in [-0.25, -0.2) is 19.1 Å². The molecule has 170 valence electrons. The molecule has 0 fully saturated rings. The topological polar surface area (TPSA) is 116 Å². The first kappa shape index (κ1) is 21.5. The summed E-state index contributed by atoms with van der Waals surface area (Å²) in [4.78, 5) is 58.3. The summed E-state index contributed by atoms with van der Waals surface area (Å²) in [6.07, 6.45) is 1.88. The third kappa shape index (κ3) is 3.73. The number of benzene rings is 2. The number of hydrogen-bond acceptors (Lipinski definition) is 7. The number of carbonyl (C=O) groups is 1. The molecule has 34 heavy (non-hydrogen) atoms. The maximum Gasteiger partial charge on any atom is 0.338 e. The second-order valence-electron chi connectivity index (χ2n) is 7.59. The Bertz CT molecular complexity index is 1730. The van der Waals surface area contributed by atoms with Gasteiger partial charge in [0.15, 0.2) is 4.96 Å². The molecular formula is C24H18N4O5S. The summed E-state index contributed by atoms with van der Waals surface area (Å²) in [7, 11) is 0. The van der Waals surface area contributed by atoms with Crippen LogP contribution in [0.1, 0.15) is 21.6 Å². The molecule has 0 radical (unpaired) electrons. The summed E-state index contributed by atoms with van der Waals surface area (Å²) >= 11 is 1.37. The summed E-state index contributed by atoms with van der Waals surface area (Å²) in [5.41, 5.74) is 0.657. The minimum Gasteiger partial charge on any atom is -0.462 e. The van der Waals surface area contributed by atoms with Crippen molar-refractivity contribution in [3.05, 3.63) is 108 Å². The van der Waals surface area contributed by atoms with Gasteiger partial charge in [0.25, 0.3) is 11.1 Å². The van der Waals surface area contributed by atoms with Crippen molar-refractivity contribution in [2.45, 2.75) is 13.3 Å². The lowest BCUT2D eigenvalue weighted by molar-refractivity contribution is 0.0509. The first-order chi connectivity index (χ1) is 16.4. The Labute approximate surface area is 195 Å². The van der Waals surface area contributed by atoms with Gasteiger partial charge in [-0.2, -0.15) is 0 Å². The Morgan fingerprint density at radius 3 is 2.68 bits per heavy atom. The number of rotatable bonds is 5. The van der Waals surface area contributed by atoms with Gasteiger partial charge < -0.3 is 9.72 Å². The molecule has 5 rings (SSSR count). The van der Waals surface area contributed by atoms with Gasteiger partial charge in [0.1, 0.15) is 0 Å². The van der Waals surface area contributed by atoms with Crippen molar-refractivity contribution in [1.82, 2.24) is 18.9 Å². The van der Waals surface area contributed by atoms with Crippen LogP contribution in [0.25, 0.3) is 21.6 Å². The molecule has 9 nitrogen and oxygen atoms in total. The maximum atomic E-state index is 12.9. The first-order valence-corrected chi connectivity index (χ1v) is 11.3. The predicted molar refractivity (Wildman–Crippen MR) is 128 cm³/mol. The molecular weight excluding hydrogens is 456 g/mol. The molecule has 0 amide bonds. The number of hydrogen-bond donors (Lipinski definition) is 1. The number of nitrogens with one attached hydrogen (secondary N) is 1. The van der Waals surface area contributed by atoms with E-state index in [1.165, 1.54) is 33.9 Å². The van der Waals surface area contributed by atoms with Crippen LogP contribution < -0.4 is 16.8 Å². The van der Waals surface area contributed by atoms with Crippen molar-refractivity contribution in [3.8, 4) is 5.69 Å². The zero-order valence-electron chi connectivity index (χ0n) is 18.0. The quantitative estimate of drug-likeness (QED) is 0.391. The van der Waals surface area contributed by atoms with Crippen LogP contribution in [0.3, 0.4) is 0 Å². The van der Waals surface area contributed by atoms with E-state index in [2.05, 4.69) is 9.97 Å². The second-order valence-corrected chi connectivity index (χ2v) is 8.46. The number of thiazole rings is 1. The highest BCUT2D eigenvalue weighted by Crippen LogP contribution is 2.13. The number of aromatic amines is 1. The molecule has 10 heteroatoms. The van der Waals surface area contributed by atoms with Crippen LogP contribution in [-0.2, 0) is 11.2 Å². The third-order valence-corrected chi connectivity index (χ3v) is 6.26. The summed E-state index contributed by atoms with van der Waals surface area (Å²) < 4.78 is 7.86. The van der Waals surface area contributed by atoms with Gasteiger partial charge in [-0.05, 0) is 37.3 Å². The normalized spacial score (nSPS) is 11.2. The fraction of sp³-hybridized carbons (Fsp3) is 0.125. The van der Waals surface area contributed by atoms with Gasteiger partial charge >= 0.3 is 11.7 Å². The third-order valence-electron chi connectivity index (χ3n) is 5.50. The zero-order chi connectivity index (χ0) is 23.8. The lowest BCUT2D eigenvalue weighted by Gasteiger charge is -2.09. The first-order valence-electron chi connectivity index (χ1n) is 10.4. The standard InChI is InChI=1S/C24H18N4O5S/c1-14-17(20(29)27-10-12-34-24(27)25-14)9-11-33-22(31)15-7-8-18-19(13-15)26-23(32)28(21(18)30)16-5-3-2-4-6-16/h2-8,10,12-13H,9,11H2,1H3,(H,26,32). The SMILES string of the molecule is Cc1nc2sccn2c(=O)c1CCOC(=O)c1ccc2c(=O)n(-c3ccccc3)c(=O)[nH]c2c1. The number of ether oxygens (including phenoxy) is 1. The lowest BCUT2D eigenvalue weighted by Crippen LogP contribution is -2.33. The Kier molecular flexibility index (Phi) is 5.42. The van der Waals surface area contributed by atoms with Gasteiger partial charge in [-0.1, -0.05) is 18.2 Å². The summed E-state index contributed by atoms with van der Waals surface area (Å²) in [6, 6.07) is 12.9. The largest absolute Gasteiger partial charge is 0.462 e. The average molecular weight is 474 g/mol. The van der Waals surface area contributed by atoms with Crippen LogP contribution in [0.5, 0.6) is 0 Å². The number of nitrogens with zero attached hydrogens (tertiary/aromatic N) is 3. The fourth-order valence-corrected chi connectivity index (χ4v) is 4.54. The molecule has 0 saturated carbocycles. The van der Waals surface area contributed by atoms with E-state index >= 15 is 0 Å². The van der Waals surface area contributed by atoms with Crippen LogP contribution in [0.4, 0.5) is 0 Å². The van der Waals surface area contributed by atoms with Crippen LogP contribution in [0.15, 0.2) is 74.5 Å². The Morgan fingerprint density at radius 2 is 1.88 bits per heavy atom. The number of H-pyrrole nitrogens is 1. The van der Waals surface area contributed by atoms with Crippen LogP contribution in [0, 0.1) is 6.92 Å². The highest BCUT2D eigenvalue weighted by atomic mass is 32.1. The smallest absolute Gasteiger partial charge is 0.338 e. The monoisotopic (exact) mass is 474 g/mol. The lowest BCUT2D eigenvalue weighted by atomic mass is 10.1. The molecule has 3 heterocycles. The van der Waals surface area contributed by atoms with E-state index in [0.717, 1.165) is 4.57 Å². The van der Waals surface area contributed by atoms with Gasteiger partial charge in [-0.15, -0.1) is 11.3 Å². The van der Waals surface area contributed by atoms with Gasteiger partial charge in [0, 0.05) is 29.3 Å². The highest BCUT2D eigenvalue weighted by molar-refractivity contribution is 7.15. The van der Waals surface area contributed by atoms with Gasteiger partial charge in [0.05, 0.1) is 28.8 Å². The molecule has 0 unspecified atom stereocenters. The summed E-state index contributed by atoms with van der Waals surface area (Å²) in [6.45, 7) is 1.73. The summed E-state index contributed by atoms with van der Waals surface area (Å²) in [5.74, 6) is -0.627. The predicted octanol–water partition coefficient (Wildman–Crippen LogP) is 2.46. The Balaban J connectivity index is 1.37. The highest BCUT2D eigenvalue weighted by Gasteiger charge is 2.15. The van der Waals surface area contributed by atoms with E-state index in [9.17, 15) is 19.2 Å². The zero-order valence-corrected chi connectivity index (χ0v) is 18.8. The van der Waals surface area contributed by atoms with Gasteiger partial charge in [0.2, 0.25) is 0 Å². The van der Waals surface area contributed by atoms with E-state index < -0.39 is 17.2 Å². The minimum atomic E-state index is -0.627. The van der Waals surface area contributed by atoms with Crippen molar-refractivity contribution in [2.75, 3.05) is 6.61 Å². The number of fused-ring (bicyclic) bond motifs is 2. The van der Waals surface area contributed by atoms with E-state index in [1.807, 2.05) is 0 Å². The molecule has 0 bridgehead atoms. The van der Waals surface area contributed by atoms with Crippen molar-refractivity contribution < 1.29 is 9.53 Å². The number of esters is 1. The fourth-order valence-electron chi connectivity index (χ4n) is 3.79. The van der Waals surface area contributed by atoms with Gasteiger partial charge in [-0.3, -0.25) is 14.0 Å². The molecule has 0 aliphatic rings. The van der Waals surface area contributed by atoms with Crippen LogP contribution in [0.2, 0.25) is 0 Å². The molecule has 0 spiro atoms. The van der Waals surface area contributed by atoms with Crippen LogP contribution >= 0.6 is 11.3 Å². The average Bonchev–Trinajstić information content (AvgIpc) is 3.30. The molecule has 3 aromatic heterocycles. The summed E-state index contributed by atoms with van der Waals surface area (Å²) in [5, 5.41) is 2.05. The van der Waals surface area contributed by atoms with E-state index in [0.29, 0.717) is 21.9 Å². The maximum absolute atomic E-state index is 12.9. The van der Waals surface area contributed by atoms with Crippen molar-refractivity contribution in [1.29, 1.82) is 0 Å². The minimum absolute atomic E-state index is 0.0169. The van der Waals surface area contributed by atoms with E-state index in [1.54, 1.807) is 48.8 Å². The Hall–Kier alpha value is -4.31. The van der Waals surface area contributed by atoms with E-state index in [-0.39, 0.29) is 35.1 Å². The molecule has 5 aromatic rings. The van der Waals surface area contributed by atoms with E-state index in [4.69, 9.17) is 4.74 Å². The van der Waals surface area contributed by atoms with Crippen molar-refractivity contribution in [3.63, 3.8) is 0 Å². The number of aromatic nitrogens is 4. The Morgan fingerprint density at radius 1 is 1.09 bits per heavy atom. The van der Waals surface area contributed by atoms with Crippen molar-refractivity contribution in [2.24, 2.45) is 0 Å². The molecule has 0 saturated heterocycles. The van der Waals surface area contributed by atoms with Crippen LogP contribution in [-0.4, -0.2) is 31.5 Å². The molecule has 0 aliphatic carbocycles. The van der Waals surface area contributed by atoms with Crippen molar-refractivity contribution >= 4 is 33.2 Å². The molecule has 1 N–H and O–H groups in total. The number of para-hydroxylation sites is 1. The molecule has 2 aromatic carbocycles. The second kappa shape index (κ2) is 8.56. The number of carbonyl (C=O) groups excluding carboxylic acids is 1.